The predicted molar refractivity (Wildman–Crippen MR) is 78.1 cm³/mol. The molecule has 108 valence electrons. The Labute approximate surface area is 122 Å². The van der Waals surface area contributed by atoms with E-state index in [4.69, 9.17) is 17.3 Å². The molecule has 0 saturated carbocycles. The molecule has 2 rings (SSSR count). The van der Waals surface area contributed by atoms with Gasteiger partial charge in [-0.25, -0.2) is 8.42 Å². The molecule has 0 aliphatic heterocycles. The van der Waals surface area contributed by atoms with Gasteiger partial charge in [0, 0.05) is 24.3 Å². The first-order valence-electron chi connectivity index (χ1n) is 6.00. The molecule has 6 nitrogen and oxygen atoms in total. The lowest BCUT2D eigenvalue weighted by atomic mass is 10.2. The summed E-state index contributed by atoms with van der Waals surface area (Å²) in [5.41, 5.74) is 6.60. The fraction of sp³-hybridized carbons (Fsp3) is 0.250. The first kappa shape index (κ1) is 14.8. The molecule has 1 heterocycles. The molecule has 8 heteroatoms. The van der Waals surface area contributed by atoms with Crippen LogP contribution >= 0.6 is 11.6 Å². The number of benzene rings is 1. The number of sulfonamides is 1. The quantitative estimate of drug-likeness (QED) is 0.880. The minimum absolute atomic E-state index is 0.0870. The summed E-state index contributed by atoms with van der Waals surface area (Å²) in [4.78, 5) is 0.0870. The molecule has 0 atom stereocenters. The van der Waals surface area contributed by atoms with Crippen molar-refractivity contribution in [3.8, 4) is 0 Å². The molecule has 0 spiro atoms. The highest BCUT2D eigenvalue weighted by molar-refractivity contribution is 7.92. The van der Waals surface area contributed by atoms with E-state index >= 15 is 0 Å². The van der Waals surface area contributed by atoms with Crippen LogP contribution in [0.1, 0.15) is 12.5 Å². The van der Waals surface area contributed by atoms with Crippen molar-refractivity contribution in [3.63, 3.8) is 0 Å². The molecular weight excluding hydrogens is 300 g/mol. The Hall–Kier alpha value is -1.57. The molecule has 0 saturated heterocycles. The van der Waals surface area contributed by atoms with Crippen molar-refractivity contribution in [2.75, 3.05) is 4.72 Å². The van der Waals surface area contributed by atoms with E-state index in [0.29, 0.717) is 22.8 Å². The molecule has 1 aromatic carbocycles. The van der Waals surface area contributed by atoms with E-state index in [9.17, 15) is 8.42 Å². The Morgan fingerprint density at radius 3 is 2.75 bits per heavy atom. The number of rotatable bonds is 5. The van der Waals surface area contributed by atoms with E-state index < -0.39 is 10.0 Å². The number of hydrogen-bond acceptors (Lipinski definition) is 4. The Morgan fingerprint density at radius 1 is 1.45 bits per heavy atom. The van der Waals surface area contributed by atoms with Crippen LogP contribution in [0, 0.1) is 0 Å². The Bertz CT molecular complexity index is 712. The highest BCUT2D eigenvalue weighted by atomic mass is 35.5. The number of anilines is 1. The minimum Gasteiger partial charge on any atom is -0.326 e. The maximum absolute atomic E-state index is 12.2. The monoisotopic (exact) mass is 314 g/mol. The van der Waals surface area contributed by atoms with Crippen LogP contribution in [-0.2, 0) is 23.1 Å². The summed E-state index contributed by atoms with van der Waals surface area (Å²) in [6, 6.07) is 4.46. The van der Waals surface area contributed by atoms with Crippen LogP contribution in [0.25, 0.3) is 0 Å². The van der Waals surface area contributed by atoms with E-state index in [1.54, 1.807) is 16.9 Å². The number of aromatic nitrogens is 2. The second kappa shape index (κ2) is 5.82. The summed E-state index contributed by atoms with van der Waals surface area (Å²) < 4.78 is 28.5. The van der Waals surface area contributed by atoms with Gasteiger partial charge in [-0.3, -0.25) is 9.40 Å². The molecule has 0 aliphatic carbocycles. The Kier molecular flexibility index (Phi) is 4.32. The molecule has 0 aliphatic rings. The van der Waals surface area contributed by atoms with Gasteiger partial charge in [-0.2, -0.15) is 5.10 Å². The first-order chi connectivity index (χ1) is 9.46. The molecule has 20 heavy (non-hydrogen) atoms. The maximum atomic E-state index is 12.2. The van der Waals surface area contributed by atoms with Gasteiger partial charge in [-0.1, -0.05) is 17.7 Å². The zero-order valence-electron chi connectivity index (χ0n) is 10.9. The van der Waals surface area contributed by atoms with Crippen molar-refractivity contribution in [2.24, 2.45) is 5.73 Å². The van der Waals surface area contributed by atoms with Gasteiger partial charge in [0.2, 0.25) is 0 Å². The van der Waals surface area contributed by atoms with E-state index in [2.05, 4.69) is 9.82 Å². The van der Waals surface area contributed by atoms with Crippen LogP contribution in [0.2, 0.25) is 5.02 Å². The van der Waals surface area contributed by atoms with Gasteiger partial charge >= 0.3 is 0 Å². The normalized spacial score (nSPS) is 11.6. The zero-order chi connectivity index (χ0) is 14.8. The van der Waals surface area contributed by atoms with Crippen molar-refractivity contribution in [3.05, 3.63) is 41.2 Å². The summed E-state index contributed by atoms with van der Waals surface area (Å²) in [7, 11) is -3.68. The van der Waals surface area contributed by atoms with Gasteiger partial charge in [-0.05, 0) is 24.6 Å². The lowest BCUT2D eigenvalue weighted by Crippen LogP contribution is -2.13. The van der Waals surface area contributed by atoms with Gasteiger partial charge in [0.25, 0.3) is 10.0 Å². The van der Waals surface area contributed by atoms with E-state index in [1.165, 1.54) is 18.3 Å². The summed E-state index contributed by atoms with van der Waals surface area (Å²) in [5.74, 6) is 0. The van der Waals surface area contributed by atoms with Gasteiger partial charge in [-0.15, -0.1) is 0 Å². The average molecular weight is 315 g/mol. The standard InChI is InChI=1S/C12H15ClN4O2S/c1-2-17-8-10(7-15-17)16-20(18,19)11-4-3-9(6-14)12(13)5-11/h3-5,7-8,16H,2,6,14H2,1H3. The fourth-order valence-electron chi connectivity index (χ4n) is 1.66. The molecule has 0 amide bonds. The number of halogens is 1. The van der Waals surface area contributed by atoms with Crippen molar-refractivity contribution in [2.45, 2.75) is 24.9 Å². The summed E-state index contributed by atoms with van der Waals surface area (Å²) in [6.07, 6.45) is 3.07. The van der Waals surface area contributed by atoms with E-state index in [1.807, 2.05) is 6.92 Å². The summed E-state index contributed by atoms with van der Waals surface area (Å²) in [5, 5.41) is 4.34. The van der Waals surface area contributed by atoms with E-state index in [0.717, 1.165) is 0 Å². The number of nitrogens with two attached hydrogens (primary N) is 1. The average Bonchev–Trinajstić information content (AvgIpc) is 2.85. The number of nitrogens with one attached hydrogen (secondary N) is 1. The van der Waals surface area contributed by atoms with Crippen LogP contribution in [0.4, 0.5) is 5.69 Å². The summed E-state index contributed by atoms with van der Waals surface area (Å²) in [6.45, 7) is 2.84. The molecule has 0 radical (unpaired) electrons. The number of aryl methyl sites for hydroxylation is 1. The Morgan fingerprint density at radius 2 is 2.20 bits per heavy atom. The van der Waals surface area contributed by atoms with Crippen LogP contribution in [0.3, 0.4) is 0 Å². The largest absolute Gasteiger partial charge is 0.326 e. The molecular formula is C12H15ClN4O2S. The third kappa shape index (κ3) is 3.12. The SMILES string of the molecule is CCn1cc(NS(=O)(=O)c2ccc(CN)c(Cl)c2)cn1. The third-order valence-electron chi connectivity index (χ3n) is 2.76. The lowest BCUT2D eigenvalue weighted by molar-refractivity contribution is 0.601. The first-order valence-corrected chi connectivity index (χ1v) is 7.86. The molecule has 2 aromatic rings. The van der Waals surface area contributed by atoms with Gasteiger partial charge in [0.05, 0.1) is 16.8 Å². The van der Waals surface area contributed by atoms with Crippen molar-refractivity contribution < 1.29 is 8.42 Å². The molecule has 0 unspecified atom stereocenters. The van der Waals surface area contributed by atoms with Crippen molar-refractivity contribution >= 4 is 27.3 Å². The molecule has 0 fully saturated rings. The third-order valence-corrected chi connectivity index (χ3v) is 4.50. The van der Waals surface area contributed by atoms with Crippen LogP contribution in [-0.4, -0.2) is 18.2 Å². The van der Waals surface area contributed by atoms with Crippen LogP contribution in [0.15, 0.2) is 35.5 Å². The van der Waals surface area contributed by atoms with Crippen molar-refractivity contribution in [1.29, 1.82) is 0 Å². The molecule has 0 bridgehead atoms. The minimum atomic E-state index is -3.68. The highest BCUT2D eigenvalue weighted by Gasteiger charge is 2.16. The zero-order valence-corrected chi connectivity index (χ0v) is 12.4. The lowest BCUT2D eigenvalue weighted by Gasteiger charge is -2.08. The van der Waals surface area contributed by atoms with Gasteiger partial charge in [0.15, 0.2) is 0 Å². The second-order valence-electron chi connectivity index (χ2n) is 4.15. The molecule has 1 aromatic heterocycles. The highest BCUT2D eigenvalue weighted by Crippen LogP contribution is 2.22. The van der Waals surface area contributed by atoms with E-state index in [-0.39, 0.29) is 11.4 Å². The maximum Gasteiger partial charge on any atom is 0.262 e. The predicted octanol–water partition coefficient (Wildman–Crippen LogP) is 1.82. The number of nitrogens with zero attached hydrogens (tertiary/aromatic N) is 2. The van der Waals surface area contributed by atoms with Gasteiger partial charge in [0.1, 0.15) is 0 Å². The smallest absolute Gasteiger partial charge is 0.262 e. The van der Waals surface area contributed by atoms with Crippen LogP contribution in [0.5, 0.6) is 0 Å². The topological polar surface area (TPSA) is 90.0 Å². The van der Waals surface area contributed by atoms with Crippen molar-refractivity contribution in [1.82, 2.24) is 9.78 Å². The van der Waals surface area contributed by atoms with Crippen LogP contribution < -0.4 is 10.5 Å². The number of hydrogen-bond donors (Lipinski definition) is 2. The second-order valence-corrected chi connectivity index (χ2v) is 6.24. The summed E-state index contributed by atoms with van der Waals surface area (Å²) >= 11 is 5.98. The Balaban J connectivity index is 2.28. The fourth-order valence-corrected chi connectivity index (χ4v) is 3.04. The van der Waals surface area contributed by atoms with Gasteiger partial charge < -0.3 is 5.73 Å². The molecule has 3 N–H and O–H groups in total.